The van der Waals surface area contributed by atoms with Gasteiger partial charge in [0.15, 0.2) is 5.78 Å². The summed E-state index contributed by atoms with van der Waals surface area (Å²) in [7, 11) is 0. The fourth-order valence-corrected chi connectivity index (χ4v) is 1.91. The Morgan fingerprint density at radius 2 is 1.76 bits per heavy atom. The van der Waals surface area contributed by atoms with Gasteiger partial charge in [0.2, 0.25) is 0 Å². The van der Waals surface area contributed by atoms with E-state index in [1.807, 2.05) is 12.1 Å². The van der Waals surface area contributed by atoms with Crippen LogP contribution < -0.4 is 0 Å². The highest BCUT2D eigenvalue weighted by atomic mass is 35.5. The minimum atomic E-state index is 0.0355. The average Bonchev–Trinajstić information content (AvgIpc) is 2.29. The van der Waals surface area contributed by atoms with Crippen LogP contribution in [0.5, 0.6) is 5.75 Å². The number of carbonyl (C=O) groups excluding carboxylic acids is 1. The van der Waals surface area contributed by atoms with Gasteiger partial charge in [-0.1, -0.05) is 35.9 Å². The summed E-state index contributed by atoms with van der Waals surface area (Å²) in [6, 6.07) is 12.0. The maximum absolute atomic E-state index is 11.1. The molecule has 0 atom stereocenters. The highest BCUT2D eigenvalue weighted by Crippen LogP contribution is 2.30. The van der Waals surface area contributed by atoms with Gasteiger partial charge in [-0.2, -0.15) is 0 Å². The van der Waals surface area contributed by atoms with Crippen molar-refractivity contribution in [2.45, 2.75) is 6.92 Å². The molecule has 0 aliphatic carbocycles. The van der Waals surface area contributed by atoms with E-state index in [9.17, 15) is 9.90 Å². The summed E-state index contributed by atoms with van der Waals surface area (Å²) in [5, 5.41) is 9.76. The summed E-state index contributed by atoms with van der Waals surface area (Å²) in [5.74, 6) is 0.174. The van der Waals surface area contributed by atoms with Crippen LogP contribution in [-0.2, 0) is 0 Å². The third-order valence-corrected chi connectivity index (χ3v) is 2.87. The molecule has 2 nitrogen and oxygen atoms in total. The van der Waals surface area contributed by atoms with Gasteiger partial charge in [-0.05, 0) is 30.7 Å². The lowest BCUT2D eigenvalue weighted by Crippen LogP contribution is -1.90. The van der Waals surface area contributed by atoms with Gasteiger partial charge in [0.1, 0.15) is 5.75 Å². The maximum atomic E-state index is 11.1. The van der Waals surface area contributed by atoms with Crippen LogP contribution in [0.1, 0.15) is 17.3 Å². The Labute approximate surface area is 104 Å². The van der Waals surface area contributed by atoms with Gasteiger partial charge in [0.05, 0.1) is 5.02 Å². The van der Waals surface area contributed by atoms with E-state index in [4.69, 9.17) is 11.6 Å². The quantitative estimate of drug-likeness (QED) is 0.816. The predicted molar refractivity (Wildman–Crippen MR) is 68.6 cm³/mol. The Balaban J connectivity index is 2.43. The van der Waals surface area contributed by atoms with Gasteiger partial charge >= 0.3 is 0 Å². The first-order valence-electron chi connectivity index (χ1n) is 5.18. The molecule has 2 rings (SSSR count). The molecule has 86 valence electrons. The smallest absolute Gasteiger partial charge is 0.159 e. The zero-order valence-electron chi connectivity index (χ0n) is 9.27. The third kappa shape index (κ3) is 2.48. The van der Waals surface area contributed by atoms with E-state index in [0.29, 0.717) is 10.6 Å². The standard InChI is InChI=1S/C14H11ClO2/c1-9(16)10-2-4-11(5-3-10)13-7-6-12(17)8-14(13)15/h2-8,17H,1H3. The van der Waals surface area contributed by atoms with Crippen molar-refractivity contribution in [2.75, 3.05) is 0 Å². The lowest BCUT2D eigenvalue weighted by molar-refractivity contribution is 0.101. The van der Waals surface area contributed by atoms with Crippen molar-refractivity contribution in [2.24, 2.45) is 0 Å². The normalized spacial score (nSPS) is 10.2. The fraction of sp³-hybridized carbons (Fsp3) is 0.0714. The van der Waals surface area contributed by atoms with Gasteiger partial charge in [0, 0.05) is 11.1 Å². The lowest BCUT2D eigenvalue weighted by Gasteiger charge is -2.05. The molecule has 17 heavy (non-hydrogen) atoms. The number of carbonyl (C=O) groups is 1. The number of rotatable bonds is 2. The van der Waals surface area contributed by atoms with Crippen LogP contribution in [0, 0.1) is 0 Å². The van der Waals surface area contributed by atoms with Crippen LogP contribution in [0.3, 0.4) is 0 Å². The highest BCUT2D eigenvalue weighted by molar-refractivity contribution is 6.33. The summed E-state index contributed by atoms with van der Waals surface area (Å²) < 4.78 is 0. The van der Waals surface area contributed by atoms with Crippen LogP contribution in [0.4, 0.5) is 0 Å². The van der Waals surface area contributed by atoms with Gasteiger partial charge in [-0.3, -0.25) is 4.79 Å². The first-order chi connectivity index (χ1) is 8.08. The zero-order valence-corrected chi connectivity index (χ0v) is 10.0. The number of halogens is 1. The SMILES string of the molecule is CC(=O)c1ccc(-c2ccc(O)cc2Cl)cc1. The van der Waals surface area contributed by atoms with Crippen molar-refractivity contribution < 1.29 is 9.90 Å². The Kier molecular flexibility index (Phi) is 3.16. The van der Waals surface area contributed by atoms with Gasteiger partial charge in [-0.15, -0.1) is 0 Å². The molecule has 0 spiro atoms. The average molecular weight is 247 g/mol. The molecule has 0 aliphatic heterocycles. The molecule has 0 fully saturated rings. The van der Waals surface area contributed by atoms with E-state index in [1.165, 1.54) is 13.0 Å². The molecule has 0 aromatic heterocycles. The van der Waals surface area contributed by atoms with E-state index in [-0.39, 0.29) is 11.5 Å². The molecule has 0 radical (unpaired) electrons. The lowest BCUT2D eigenvalue weighted by atomic mass is 10.0. The number of aromatic hydroxyl groups is 1. The first kappa shape index (κ1) is 11.7. The first-order valence-corrected chi connectivity index (χ1v) is 5.55. The summed E-state index contributed by atoms with van der Waals surface area (Å²) in [6.07, 6.45) is 0. The third-order valence-electron chi connectivity index (χ3n) is 2.56. The van der Waals surface area contributed by atoms with Crippen LogP contribution in [0.2, 0.25) is 5.02 Å². The van der Waals surface area contributed by atoms with Crippen LogP contribution >= 0.6 is 11.6 Å². The Morgan fingerprint density at radius 1 is 1.12 bits per heavy atom. The zero-order chi connectivity index (χ0) is 12.4. The summed E-state index contributed by atoms with van der Waals surface area (Å²) in [5.41, 5.74) is 2.42. The van der Waals surface area contributed by atoms with E-state index in [2.05, 4.69) is 0 Å². The minimum Gasteiger partial charge on any atom is -0.508 e. The molecule has 0 amide bonds. The van der Waals surface area contributed by atoms with Crippen molar-refractivity contribution in [3.05, 3.63) is 53.1 Å². The van der Waals surface area contributed by atoms with Crippen LogP contribution in [-0.4, -0.2) is 10.9 Å². The van der Waals surface area contributed by atoms with Gasteiger partial charge in [0.25, 0.3) is 0 Å². The number of ketones is 1. The van der Waals surface area contributed by atoms with E-state index in [1.54, 1.807) is 24.3 Å². The number of phenols is 1. The van der Waals surface area contributed by atoms with Crippen molar-refractivity contribution in [1.29, 1.82) is 0 Å². The molecule has 0 bridgehead atoms. The molecule has 0 heterocycles. The Bertz CT molecular complexity index is 559. The number of benzene rings is 2. The van der Waals surface area contributed by atoms with Gasteiger partial charge < -0.3 is 5.11 Å². The molecule has 1 N–H and O–H groups in total. The molecule has 0 saturated carbocycles. The molecule has 2 aromatic carbocycles. The molecular weight excluding hydrogens is 236 g/mol. The summed E-state index contributed by atoms with van der Waals surface area (Å²) >= 11 is 6.04. The molecule has 2 aromatic rings. The fourth-order valence-electron chi connectivity index (χ4n) is 1.62. The maximum Gasteiger partial charge on any atom is 0.159 e. The molecular formula is C14H11ClO2. The van der Waals surface area contributed by atoms with E-state index >= 15 is 0 Å². The molecule has 0 unspecified atom stereocenters. The second kappa shape index (κ2) is 4.60. The number of phenolic OH excluding ortho intramolecular Hbond substituents is 1. The number of Topliss-reactive ketones (excluding diaryl/α,β-unsaturated/α-hetero) is 1. The predicted octanol–water partition coefficient (Wildman–Crippen LogP) is 3.92. The molecule has 0 saturated heterocycles. The van der Waals surface area contributed by atoms with Crippen molar-refractivity contribution in [1.82, 2.24) is 0 Å². The molecule has 0 aliphatic rings. The van der Waals surface area contributed by atoms with E-state index in [0.717, 1.165) is 11.1 Å². The summed E-state index contributed by atoms with van der Waals surface area (Å²) in [4.78, 5) is 11.1. The van der Waals surface area contributed by atoms with Crippen molar-refractivity contribution >= 4 is 17.4 Å². The van der Waals surface area contributed by atoms with Crippen molar-refractivity contribution in [3.8, 4) is 16.9 Å². The Hall–Kier alpha value is -1.80. The summed E-state index contributed by atoms with van der Waals surface area (Å²) in [6.45, 7) is 1.53. The second-order valence-electron chi connectivity index (χ2n) is 3.80. The highest BCUT2D eigenvalue weighted by Gasteiger charge is 2.05. The number of hydrogen-bond donors (Lipinski definition) is 1. The largest absolute Gasteiger partial charge is 0.508 e. The monoisotopic (exact) mass is 246 g/mol. The number of hydrogen-bond acceptors (Lipinski definition) is 2. The second-order valence-corrected chi connectivity index (χ2v) is 4.20. The van der Waals surface area contributed by atoms with Crippen molar-refractivity contribution in [3.63, 3.8) is 0 Å². The van der Waals surface area contributed by atoms with Crippen LogP contribution in [0.15, 0.2) is 42.5 Å². The topological polar surface area (TPSA) is 37.3 Å². The van der Waals surface area contributed by atoms with E-state index < -0.39 is 0 Å². The van der Waals surface area contributed by atoms with Gasteiger partial charge in [-0.25, -0.2) is 0 Å². The minimum absolute atomic E-state index is 0.0355. The molecule has 3 heteroatoms. The Morgan fingerprint density at radius 3 is 2.29 bits per heavy atom. The van der Waals surface area contributed by atoms with Crippen LogP contribution in [0.25, 0.3) is 11.1 Å².